The Labute approximate surface area is 211 Å². The highest BCUT2D eigenvalue weighted by molar-refractivity contribution is 5.76. The van der Waals surface area contributed by atoms with Gasteiger partial charge in [-0.2, -0.15) is 0 Å². The van der Waals surface area contributed by atoms with Crippen LogP contribution >= 0.6 is 0 Å². The van der Waals surface area contributed by atoms with Gasteiger partial charge in [0.2, 0.25) is 0 Å². The van der Waals surface area contributed by atoms with Gasteiger partial charge in [-0.15, -0.1) is 0 Å². The first-order chi connectivity index (χ1) is 16.8. The molecule has 0 bridgehead atoms. The minimum atomic E-state index is -0.993. The molecule has 0 spiro atoms. The highest BCUT2D eigenvalue weighted by atomic mass is 16.7. The van der Waals surface area contributed by atoms with E-state index in [0.717, 1.165) is 0 Å². The van der Waals surface area contributed by atoms with Gasteiger partial charge in [0.25, 0.3) is 0 Å². The van der Waals surface area contributed by atoms with Crippen molar-refractivity contribution < 1.29 is 47.6 Å². The van der Waals surface area contributed by atoms with Gasteiger partial charge in [0.1, 0.15) is 12.1 Å². The van der Waals surface area contributed by atoms with Crippen molar-refractivity contribution in [2.24, 2.45) is 5.92 Å². The number of rotatable bonds is 12. The Morgan fingerprint density at radius 1 is 0.778 bits per heavy atom. The molecule has 1 unspecified atom stereocenters. The molecule has 0 radical (unpaired) electrons. The van der Waals surface area contributed by atoms with E-state index in [9.17, 15) is 19.2 Å². The van der Waals surface area contributed by atoms with Crippen molar-refractivity contribution in [1.29, 1.82) is 0 Å². The summed E-state index contributed by atoms with van der Waals surface area (Å²) in [4.78, 5) is 48.2. The molecule has 1 aromatic carbocycles. The van der Waals surface area contributed by atoms with Crippen molar-refractivity contribution in [2.75, 3.05) is 13.7 Å². The second kappa shape index (κ2) is 14.9. The third-order valence-electron chi connectivity index (χ3n) is 4.42. The van der Waals surface area contributed by atoms with Gasteiger partial charge in [-0.25, -0.2) is 9.59 Å². The Morgan fingerprint density at radius 3 is 1.83 bits per heavy atom. The second-order valence-corrected chi connectivity index (χ2v) is 8.91. The average Bonchev–Trinajstić information content (AvgIpc) is 2.76. The number of hydrogen-bond donors (Lipinski definition) is 1. The van der Waals surface area contributed by atoms with E-state index < -0.39 is 42.6 Å². The number of esters is 2. The van der Waals surface area contributed by atoms with Crippen LogP contribution in [0.3, 0.4) is 0 Å². The largest absolute Gasteiger partial charge is 0.514 e. The van der Waals surface area contributed by atoms with Crippen molar-refractivity contribution in [2.45, 2.75) is 79.2 Å². The summed E-state index contributed by atoms with van der Waals surface area (Å²) in [5.74, 6) is -1.33. The summed E-state index contributed by atoms with van der Waals surface area (Å²) < 4.78 is 30.6. The van der Waals surface area contributed by atoms with Crippen LogP contribution < -0.4 is 14.8 Å². The van der Waals surface area contributed by atoms with Crippen molar-refractivity contribution in [3.05, 3.63) is 23.8 Å². The number of benzene rings is 1. The minimum Gasteiger partial charge on any atom is -0.468 e. The Balaban J connectivity index is 3.08. The van der Waals surface area contributed by atoms with Crippen molar-refractivity contribution in [3.8, 4) is 11.5 Å². The molecular formula is C25H37NO10. The maximum Gasteiger partial charge on any atom is 0.514 e. The van der Waals surface area contributed by atoms with Crippen LogP contribution in [0.4, 0.5) is 9.59 Å². The van der Waals surface area contributed by atoms with Gasteiger partial charge in [-0.3, -0.25) is 9.59 Å². The summed E-state index contributed by atoms with van der Waals surface area (Å²) in [5.41, 5.74) is 0.557. The van der Waals surface area contributed by atoms with E-state index in [1.807, 2.05) is 0 Å². The lowest BCUT2D eigenvalue weighted by molar-refractivity contribution is -0.152. The average molecular weight is 512 g/mol. The van der Waals surface area contributed by atoms with Crippen LogP contribution in [0.2, 0.25) is 0 Å². The standard InChI is InChI=1S/C25H37NO10/c1-14(2)22(27)34-17(7)13-26-19(23(28)31-8)11-18-9-10-20(35-24(29)32-15(3)4)21(12-18)36-25(30)33-16(5)6/h9-10,12,14-17,19,26H,11,13H2,1-8H3/t17?,19-/m0/s1. The summed E-state index contributed by atoms with van der Waals surface area (Å²) in [6.07, 6.45) is -3.17. The molecule has 1 aromatic rings. The summed E-state index contributed by atoms with van der Waals surface area (Å²) in [7, 11) is 1.26. The van der Waals surface area contributed by atoms with E-state index >= 15 is 0 Å². The molecule has 0 amide bonds. The summed E-state index contributed by atoms with van der Waals surface area (Å²) in [6, 6.07) is 3.65. The highest BCUT2D eigenvalue weighted by Gasteiger charge is 2.24. The van der Waals surface area contributed by atoms with Crippen LogP contribution in [0, 0.1) is 5.92 Å². The van der Waals surface area contributed by atoms with E-state index in [2.05, 4.69) is 5.32 Å². The van der Waals surface area contributed by atoms with Gasteiger partial charge < -0.3 is 33.7 Å². The van der Waals surface area contributed by atoms with Crippen molar-refractivity contribution in [1.82, 2.24) is 5.32 Å². The fourth-order valence-corrected chi connectivity index (χ4v) is 2.76. The van der Waals surface area contributed by atoms with Gasteiger partial charge in [-0.05, 0) is 58.7 Å². The van der Waals surface area contributed by atoms with E-state index in [4.69, 9.17) is 28.4 Å². The van der Waals surface area contributed by atoms with Crippen LogP contribution in [0.25, 0.3) is 0 Å². The molecule has 36 heavy (non-hydrogen) atoms. The van der Waals surface area contributed by atoms with Crippen LogP contribution in [0.15, 0.2) is 18.2 Å². The molecule has 0 saturated carbocycles. The van der Waals surface area contributed by atoms with E-state index in [0.29, 0.717) is 5.56 Å². The SMILES string of the molecule is COC(=O)[C@H](Cc1ccc(OC(=O)OC(C)C)c(OC(=O)OC(C)C)c1)NCC(C)OC(=O)C(C)C. The predicted molar refractivity (Wildman–Crippen MR) is 129 cm³/mol. The normalized spacial score (nSPS) is 12.6. The Bertz CT molecular complexity index is 897. The molecular weight excluding hydrogens is 474 g/mol. The first-order valence-electron chi connectivity index (χ1n) is 11.7. The third-order valence-corrected chi connectivity index (χ3v) is 4.42. The zero-order valence-electron chi connectivity index (χ0n) is 22.1. The summed E-state index contributed by atoms with van der Waals surface area (Å²) in [6.45, 7) is 12.0. The number of carbonyl (C=O) groups is 4. The van der Waals surface area contributed by atoms with Gasteiger partial charge in [0.05, 0.1) is 25.2 Å². The highest BCUT2D eigenvalue weighted by Crippen LogP contribution is 2.30. The zero-order chi connectivity index (χ0) is 27.4. The van der Waals surface area contributed by atoms with Crippen molar-refractivity contribution in [3.63, 3.8) is 0 Å². The molecule has 11 nitrogen and oxygen atoms in total. The van der Waals surface area contributed by atoms with Gasteiger partial charge in [-0.1, -0.05) is 19.9 Å². The number of methoxy groups -OCH3 is 1. The van der Waals surface area contributed by atoms with Crippen LogP contribution in [-0.2, 0) is 35.0 Å². The first kappa shape index (κ1) is 30.7. The number of carbonyl (C=O) groups excluding carboxylic acids is 4. The van der Waals surface area contributed by atoms with E-state index in [-0.39, 0.29) is 36.4 Å². The first-order valence-corrected chi connectivity index (χ1v) is 11.7. The number of ether oxygens (including phenoxy) is 6. The van der Waals surface area contributed by atoms with Gasteiger partial charge in [0.15, 0.2) is 11.5 Å². The molecule has 1 rings (SSSR count). The molecule has 0 aliphatic carbocycles. The van der Waals surface area contributed by atoms with Crippen LogP contribution in [-0.4, -0.2) is 62.3 Å². The van der Waals surface area contributed by atoms with Gasteiger partial charge >= 0.3 is 24.2 Å². The lowest BCUT2D eigenvalue weighted by Gasteiger charge is -2.21. The van der Waals surface area contributed by atoms with E-state index in [1.165, 1.54) is 19.2 Å². The van der Waals surface area contributed by atoms with Crippen LogP contribution in [0.1, 0.15) is 54.0 Å². The maximum atomic E-state index is 12.4. The molecule has 0 aromatic heterocycles. The minimum absolute atomic E-state index is 0.0677. The van der Waals surface area contributed by atoms with Gasteiger partial charge in [0, 0.05) is 6.54 Å². The second-order valence-electron chi connectivity index (χ2n) is 8.91. The monoisotopic (exact) mass is 511 g/mol. The molecule has 1 N–H and O–H groups in total. The topological polar surface area (TPSA) is 136 Å². The van der Waals surface area contributed by atoms with Crippen molar-refractivity contribution >= 4 is 24.2 Å². The summed E-state index contributed by atoms with van der Waals surface area (Å²) in [5, 5.41) is 3.03. The molecule has 0 saturated heterocycles. The molecule has 0 aliphatic heterocycles. The lowest BCUT2D eigenvalue weighted by atomic mass is 10.0. The number of nitrogens with one attached hydrogen (secondary N) is 1. The summed E-state index contributed by atoms with van der Waals surface area (Å²) >= 11 is 0. The Morgan fingerprint density at radius 2 is 1.33 bits per heavy atom. The molecule has 0 aliphatic rings. The number of hydrogen-bond acceptors (Lipinski definition) is 11. The molecule has 2 atom stereocenters. The fraction of sp³-hybridized carbons (Fsp3) is 0.600. The predicted octanol–water partition coefficient (Wildman–Crippen LogP) is 3.80. The quantitative estimate of drug-likeness (QED) is 0.249. The fourth-order valence-electron chi connectivity index (χ4n) is 2.76. The maximum absolute atomic E-state index is 12.4. The van der Waals surface area contributed by atoms with E-state index in [1.54, 1.807) is 54.5 Å². The lowest BCUT2D eigenvalue weighted by Crippen LogP contribution is -2.43. The molecule has 0 heterocycles. The van der Waals surface area contributed by atoms with Crippen LogP contribution in [0.5, 0.6) is 11.5 Å². The molecule has 11 heteroatoms. The Hall–Kier alpha value is -3.34. The zero-order valence-corrected chi connectivity index (χ0v) is 22.1. The Kier molecular flexibility index (Phi) is 12.7. The smallest absolute Gasteiger partial charge is 0.468 e. The third kappa shape index (κ3) is 11.4. The molecule has 202 valence electrons. The molecule has 0 fully saturated rings.